The summed E-state index contributed by atoms with van der Waals surface area (Å²) in [6, 6.07) is 9.40. The third-order valence-electron chi connectivity index (χ3n) is 2.94. The van der Waals surface area contributed by atoms with E-state index < -0.39 is 0 Å². The first-order valence-corrected chi connectivity index (χ1v) is 8.16. The Morgan fingerprint density at radius 2 is 1.75 bits per heavy atom. The lowest BCUT2D eigenvalue weighted by atomic mass is 10.2. The van der Waals surface area contributed by atoms with Crippen molar-refractivity contribution in [3.8, 4) is 22.9 Å². The summed E-state index contributed by atoms with van der Waals surface area (Å²) in [6.45, 7) is 0. The van der Waals surface area contributed by atoms with Crippen LogP contribution >= 0.6 is 35.0 Å². The topological polar surface area (TPSA) is 105 Å². The van der Waals surface area contributed by atoms with Crippen molar-refractivity contribution in [2.75, 3.05) is 5.73 Å². The minimum atomic E-state index is -0.141. The van der Waals surface area contributed by atoms with Gasteiger partial charge in [-0.25, -0.2) is 4.98 Å². The van der Waals surface area contributed by atoms with Crippen LogP contribution in [0.3, 0.4) is 0 Å². The van der Waals surface area contributed by atoms with Gasteiger partial charge in [-0.05, 0) is 42.1 Å². The van der Waals surface area contributed by atoms with Gasteiger partial charge in [-0.1, -0.05) is 29.3 Å². The maximum Gasteiger partial charge on any atom is 0.224 e. The minimum Gasteiger partial charge on any atom is -0.508 e. The molecule has 6 nitrogen and oxygen atoms in total. The summed E-state index contributed by atoms with van der Waals surface area (Å²) < 4.78 is 0. The van der Waals surface area contributed by atoms with Gasteiger partial charge in [0.1, 0.15) is 11.5 Å². The number of aromatic nitrogens is 3. The summed E-state index contributed by atoms with van der Waals surface area (Å²) in [5, 5.41) is 20.0. The second-order valence-corrected chi connectivity index (χ2v) is 6.54. The van der Waals surface area contributed by atoms with Gasteiger partial charge < -0.3 is 15.9 Å². The Hall–Kier alpha value is -2.22. The minimum absolute atomic E-state index is 0.00756. The van der Waals surface area contributed by atoms with E-state index in [1.54, 1.807) is 24.3 Å². The molecule has 0 bridgehead atoms. The zero-order chi connectivity index (χ0) is 17.3. The average molecular weight is 381 g/mol. The molecule has 122 valence electrons. The van der Waals surface area contributed by atoms with Gasteiger partial charge in [-0.3, -0.25) is 0 Å². The van der Waals surface area contributed by atoms with E-state index in [0.717, 1.165) is 4.90 Å². The fourth-order valence-corrected chi connectivity index (χ4v) is 3.18. The van der Waals surface area contributed by atoms with Crippen LogP contribution < -0.4 is 5.73 Å². The molecule has 9 heteroatoms. The van der Waals surface area contributed by atoms with E-state index in [2.05, 4.69) is 15.0 Å². The molecule has 3 rings (SSSR count). The van der Waals surface area contributed by atoms with Gasteiger partial charge >= 0.3 is 0 Å². The van der Waals surface area contributed by atoms with Crippen LogP contribution in [0.1, 0.15) is 0 Å². The highest BCUT2D eigenvalue weighted by Crippen LogP contribution is 2.36. The molecule has 0 fully saturated rings. The molecule has 0 aliphatic heterocycles. The van der Waals surface area contributed by atoms with Gasteiger partial charge in [-0.15, -0.1) is 0 Å². The van der Waals surface area contributed by atoms with E-state index in [0.29, 0.717) is 10.7 Å². The predicted octanol–water partition coefficient (Wildman–Crippen LogP) is 3.99. The average Bonchev–Trinajstić information content (AvgIpc) is 2.50. The Balaban J connectivity index is 2.02. The number of aromatic hydroxyl groups is 2. The van der Waals surface area contributed by atoms with Crippen LogP contribution in [0.2, 0.25) is 10.0 Å². The zero-order valence-corrected chi connectivity index (χ0v) is 14.3. The molecule has 24 heavy (non-hydrogen) atoms. The van der Waals surface area contributed by atoms with Crippen molar-refractivity contribution in [3.05, 3.63) is 46.4 Å². The van der Waals surface area contributed by atoms with E-state index in [1.807, 2.05) is 0 Å². The lowest BCUT2D eigenvalue weighted by Crippen LogP contribution is -2.01. The zero-order valence-electron chi connectivity index (χ0n) is 11.9. The number of hydrogen-bond donors (Lipinski definition) is 3. The van der Waals surface area contributed by atoms with Gasteiger partial charge in [0.05, 0.1) is 10.0 Å². The molecule has 2 aromatic carbocycles. The molecule has 0 radical (unpaired) electrons. The third kappa shape index (κ3) is 3.64. The van der Waals surface area contributed by atoms with Crippen molar-refractivity contribution in [2.45, 2.75) is 10.1 Å². The molecule has 0 saturated carbocycles. The quantitative estimate of drug-likeness (QED) is 0.630. The van der Waals surface area contributed by atoms with Gasteiger partial charge in [0.25, 0.3) is 0 Å². The molecule has 0 aliphatic rings. The molecule has 0 aliphatic carbocycles. The first-order valence-electron chi connectivity index (χ1n) is 6.59. The van der Waals surface area contributed by atoms with Gasteiger partial charge in [-0.2, -0.15) is 9.97 Å². The number of nitrogens with two attached hydrogens (primary N) is 1. The summed E-state index contributed by atoms with van der Waals surface area (Å²) in [5.41, 5.74) is 6.12. The molecule has 0 saturated heterocycles. The number of nitrogen functional groups attached to an aromatic ring is 1. The Bertz CT molecular complexity index is 924. The highest BCUT2D eigenvalue weighted by atomic mass is 35.5. The van der Waals surface area contributed by atoms with Crippen LogP contribution in [-0.2, 0) is 0 Å². The number of halogens is 2. The fraction of sp³-hybridized carbons (Fsp3) is 0. The Labute approximate surface area is 151 Å². The molecular formula is C15H10Cl2N4O2S. The van der Waals surface area contributed by atoms with Crippen LogP contribution in [0.15, 0.2) is 46.5 Å². The van der Waals surface area contributed by atoms with Crippen LogP contribution in [-0.4, -0.2) is 25.2 Å². The van der Waals surface area contributed by atoms with Crippen LogP contribution in [0.5, 0.6) is 11.5 Å². The smallest absolute Gasteiger partial charge is 0.224 e. The van der Waals surface area contributed by atoms with Gasteiger partial charge in [0.15, 0.2) is 11.0 Å². The number of hydrogen-bond acceptors (Lipinski definition) is 7. The van der Waals surface area contributed by atoms with E-state index in [4.69, 9.17) is 28.9 Å². The molecule has 1 heterocycles. The van der Waals surface area contributed by atoms with E-state index in [9.17, 15) is 10.2 Å². The number of phenols is 2. The van der Waals surface area contributed by atoms with E-state index >= 15 is 0 Å². The molecule has 0 amide bonds. The molecule has 1 aromatic heterocycles. The number of rotatable bonds is 3. The number of nitrogens with zero attached hydrogens (tertiary/aromatic N) is 3. The van der Waals surface area contributed by atoms with Crippen LogP contribution in [0.25, 0.3) is 11.4 Å². The van der Waals surface area contributed by atoms with Crippen molar-refractivity contribution in [1.29, 1.82) is 0 Å². The van der Waals surface area contributed by atoms with E-state index in [1.165, 1.54) is 23.9 Å². The molecule has 0 atom stereocenters. The van der Waals surface area contributed by atoms with Crippen LogP contribution in [0, 0.1) is 0 Å². The summed E-state index contributed by atoms with van der Waals surface area (Å²) in [6.07, 6.45) is 0. The molecule has 3 aromatic rings. The largest absolute Gasteiger partial charge is 0.508 e. The van der Waals surface area contributed by atoms with Crippen molar-refractivity contribution in [3.63, 3.8) is 0 Å². The van der Waals surface area contributed by atoms with Gasteiger partial charge in [0, 0.05) is 10.5 Å². The number of phenolic OH excluding ortho intramolecular Hbond substituents is 2. The Morgan fingerprint density at radius 1 is 0.958 bits per heavy atom. The Kier molecular flexibility index (Phi) is 4.66. The first kappa shape index (κ1) is 16.6. The summed E-state index contributed by atoms with van der Waals surface area (Å²) >= 11 is 13.2. The standard InChI is InChI=1S/C15H10Cl2N4O2S/c16-10-6-11(17)12(23)5-9(10)13-19-14(18)21-15(20-13)24-8-3-1-2-7(22)4-8/h1-6,22-23H,(H2,18,19,20,21). The highest BCUT2D eigenvalue weighted by molar-refractivity contribution is 7.99. The SMILES string of the molecule is Nc1nc(Sc2cccc(O)c2)nc(-c2cc(O)c(Cl)cc2Cl)n1. The molecular weight excluding hydrogens is 371 g/mol. The second-order valence-electron chi connectivity index (χ2n) is 4.68. The van der Waals surface area contributed by atoms with Crippen molar-refractivity contribution < 1.29 is 10.2 Å². The summed E-state index contributed by atoms with van der Waals surface area (Å²) in [4.78, 5) is 13.1. The molecule has 0 spiro atoms. The van der Waals surface area contributed by atoms with Crippen molar-refractivity contribution in [1.82, 2.24) is 15.0 Å². The Morgan fingerprint density at radius 3 is 2.50 bits per heavy atom. The normalized spacial score (nSPS) is 10.8. The highest BCUT2D eigenvalue weighted by Gasteiger charge is 2.14. The predicted molar refractivity (Wildman–Crippen MR) is 93.6 cm³/mol. The third-order valence-corrected chi connectivity index (χ3v) is 4.41. The monoisotopic (exact) mass is 380 g/mol. The number of anilines is 1. The number of benzene rings is 2. The van der Waals surface area contributed by atoms with Crippen molar-refractivity contribution >= 4 is 40.9 Å². The lowest BCUT2D eigenvalue weighted by molar-refractivity contribution is 0.473. The maximum atomic E-state index is 9.76. The first-order chi connectivity index (χ1) is 11.4. The van der Waals surface area contributed by atoms with E-state index in [-0.39, 0.29) is 33.3 Å². The molecule has 0 unspecified atom stereocenters. The fourth-order valence-electron chi connectivity index (χ4n) is 1.90. The van der Waals surface area contributed by atoms with Gasteiger partial charge in [0.2, 0.25) is 5.95 Å². The maximum absolute atomic E-state index is 9.76. The molecule has 4 N–H and O–H groups in total. The summed E-state index contributed by atoms with van der Waals surface area (Å²) in [5.74, 6) is 0.209. The van der Waals surface area contributed by atoms with Crippen LogP contribution in [0.4, 0.5) is 5.95 Å². The van der Waals surface area contributed by atoms with Crippen molar-refractivity contribution in [2.24, 2.45) is 0 Å². The summed E-state index contributed by atoms with van der Waals surface area (Å²) in [7, 11) is 0. The lowest BCUT2D eigenvalue weighted by Gasteiger charge is -2.08. The second kappa shape index (κ2) is 6.72.